The number of benzene rings is 1. The van der Waals surface area contributed by atoms with E-state index in [1.165, 1.54) is 5.69 Å². The predicted octanol–water partition coefficient (Wildman–Crippen LogP) is 2.88. The third kappa shape index (κ3) is 3.11. The van der Waals surface area contributed by atoms with Gasteiger partial charge < -0.3 is 24.3 Å². The van der Waals surface area contributed by atoms with Gasteiger partial charge >= 0.3 is 6.03 Å². The molecule has 2 amide bonds. The molecule has 6 nitrogen and oxygen atoms in total. The van der Waals surface area contributed by atoms with Crippen LogP contribution in [0.1, 0.15) is 30.1 Å². The van der Waals surface area contributed by atoms with Crippen molar-refractivity contribution in [3.05, 3.63) is 47.8 Å². The van der Waals surface area contributed by atoms with Crippen molar-refractivity contribution in [2.75, 3.05) is 20.3 Å². The summed E-state index contributed by atoms with van der Waals surface area (Å²) in [4.78, 5) is 14.8. The lowest BCUT2D eigenvalue weighted by Crippen LogP contribution is -2.48. The van der Waals surface area contributed by atoms with Crippen molar-refractivity contribution in [1.82, 2.24) is 14.8 Å². The van der Waals surface area contributed by atoms with Crippen molar-refractivity contribution < 1.29 is 14.3 Å². The van der Waals surface area contributed by atoms with Crippen LogP contribution in [0.5, 0.6) is 11.5 Å². The lowest BCUT2D eigenvalue weighted by Gasteiger charge is -2.30. The first kappa shape index (κ1) is 16.8. The van der Waals surface area contributed by atoms with Crippen molar-refractivity contribution in [2.24, 2.45) is 7.05 Å². The molecule has 2 aliphatic rings. The minimum Gasteiger partial charge on any atom is -0.497 e. The van der Waals surface area contributed by atoms with Crippen LogP contribution in [-0.2, 0) is 13.5 Å². The van der Waals surface area contributed by atoms with E-state index in [9.17, 15) is 4.79 Å². The van der Waals surface area contributed by atoms with Gasteiger partial charge in [-0.05, 0) is 43.0 Å². The quantitative estimate of drug-likeness (QED) is 0.921. The number of carbonyl (C=O) groups excluding carboxylic acids is 1. The van der Waals surface area contributed by atoms with E-state index in [0.29, 0.717) is 6.61 Å². The van der Waals surface area contributed by atoms with E-state index < -0.39 is 0 Å². The summed E-state index contributed by atoms with van der Waals surface area (Å²) in [6, 6.07) is 10.1. The lowest BCUT2D eigenvalue weighted by molar-refractivity contribution is 0.175. The Labute approximate surface area is 153 Å². The molecule has 2 unspecified atom stereocenters. The fraction of sp³-hybridized carbons (Fsp3) is 0.450. The molecule has 0 saturated carbocycles. The Morgan fingerprint density at radius 3 is 3.00 bits per heavy atom. The molecule has 4 rings (SSSR count). The number of aryl methyl sites for hydroxylation is 1. The summed E-state index contributed by atoms with van der Waals surface area (Å²) in [5, 5.41) is 3.16. The molecule has 0 bridgehead atoms. The number of nitrogens with one attached hydrogen (secondary N) is 1. The summed E-state index contributed by atoms with van der Waals surface area (Å²) in [7, 11) is 3.68. The van der Waals surface area contributed by atoms with Crippen LogP contribution in [0.15, 0.2) is 36.5 Å². The number of methoxy groups -OCH3 is 1. The number of hydrogen-bond donors (Lipinski definition) is 1. The lowest BCUT2D eigenvalue weighted by atomic mass is 10.0. The van der Waals surface area contributed by atoms with Gasteiger partial charge in [0.05, 0.1) is 19.2 Å². The summed E-state index contributed by atoms with van der Waals surface area (Å²) < 4.78 is 13.2. The van der Waals surface area contributed by atoms with E-state index in [0.717, 1.165) is 42.9 Å². The Hall–Kier alpha value is -2.63. The first-order valence-electron chi connectivity index (χ1n) is 9.14. The Kier molecular flexibility index (Phi) is 4.49. The minimum atomic E-state index is -0.0157. The third-order valence-corrected chi connectivity index (χ3v) is 5.35. The fourth-order valence-electron chi connectivity index (χ4n) is 3.97. The SMILES string of the molecule is COc1ccc2c(c1)OCC(NC(=O)N1CCCC1c1cccn1C)C2. The maximum atomic E-state index is 12.9. The Morgan fingerprint density at radius 2 is 2.23 bits per heavy atom. The molecule has 2 atom stereocenters. The Bertz CT molecular complexity index is 801. The molecular formula is C20H25N3O3. The molecule has 138 valence electrons. The molecule has 1 aromatic heterocycles. The molecule has 2 aliphatic heterocycles. The van der Waals surface area contributed by atoms with Gasteiger partial charge in [0, 0.05) is 31.5 Å². The fourth-order valence-corrected chi connectivity index (χ4v) is 3.97. The molecule has 1 saturated heterocycles. The molecule has 0 radical (unpaired) electrons. The zero-order valence-corrected chi connectivity index (χ0v) is 15.3. The molecule has 6 heteroatoms. The number of aromatic nitrogens is 1. The number of ether oxygens (including phenoxy) is 2. The number of urea groups is 1. The third-order valence-electron chi connectivity index (χ3n) is 5.35. The van der Waals surface area contributed by atoms with Gasteiger partial charge in [0.2, 0.25) is 0 Å². The number of hydrogen-bond acceptors (Lipinski definition) is 3. The average Bonchev–Trinajstić information content (AvgIpc) is 3.29. The topological polar surface area (TPSA) is 55.7 Å². The van der Waals surface area contributed by atoms with Crippen molar-refractivity contribution in [1.29, 1.82) is 0 Å². The van der Waals surface area contributed by atoms with Crippen molar-refractivity contribution in [3.8, 4) is 11.5 Å². The van der Waals surface area contributed by atoms with E-state index in [1.54, 1.807) is 7.11 Å². The molecule has 3 heterocycles. The second-order valence-corrected chi connectivity index (χ2v) is 7.03. The highest BCUT2D eigenvalue weighted by Crippen LogP contribution is 2.33. The normalized spacial score (nSPS) is 21.8. The van der Waals surface area contributed by atoms with Crippen molar-refractivity contribution >= 4 is 6.03 Å². The van der Waals surface area contributed by atoms with Crippen LogP contribution in [0.4, 0.5) is 4.79 Å². The number of fused-ring (bicyclic) bond motifs is 1. The van der Waals surface area contributed by atoms with Gasteiger partial charge in [-0.15, -0.1) is 0 Å². The van der Waals surface area contributed by atoms with Crippen LogP contribution in [-0.4, -0.2) is 41.8 Å². The molecule has 1 aromatic carbocycles. The van der Waals surface area contributed by atoms with E-state index >= 15 is 0 Å². The monoisotopic (exact) mass is 355 g/mol. The van der Waals surface area contributed by atoms with Crippen LogP contribution in [0, 0.1) is 0 Å². The first-order chi connectivity index (χ1) is 12.7. The molecule has 1 N–H and O–H groups in total. The molecule has 26 heavy (non-hydrogen) atoms. The highest BCUT2D eigenvalue weighted by Gasteiger charge is 2.33. The van der Waals surface area contributed by atoms with Crippen molar-refractivity contribution in [3.63, 3.8) is 0 Å². The Morgan fingerprint density at radius 1 is 1.35 bits per heavy atom. The van der Waals surface area contributed by atoms with Crippen LogP contribution >= 0.6 is 0 Å². The molecule has 1 fully saturated rings. The van der Waals surface area contributed by atoms with Crippen molar-refractivity contribution in [2.45, 2.75) is 31.3 Å². The number of amides is 2. The average molecular weight is 355 g/mol. The largest absolute Gasteiger partial charge is 0.497 e. The van der Waals surface area contributed by atoms with Gasteiger partial charge in [-0.3, -0.25) is 0 Å². The first-order valence-corrected chi connectivity index (χ1v) is 9.14. The van der Waals surface area contributed by atoms with Crippen LogP contribution in [0.2, 0.25) is 0 Å². The van der Waals surface area contributed by atoms with Gasteiger partial charge in [-0.2, -0.15) is 0 Å². The maximum absolute atomic E-state index is 12.9. The zero-order chi connectivity index (χ0) is 18.1. The summed E-state index contributed by atoms with van der Waals surface area (Å²) in [5.41, 5.74) is 2.29. The second kappa shape index (κ2) is 6.94. The number of rotatable bonds is 3. The van der Waals surface area contributed by atoms with Gasteiger partial charge in [-0.25, -0.2) is 4.79 Å². The highest BCUT2D eigenvalue weighted by atomic mass is 16.5. The summed E-state index contributed by atoms with van der Waals surface area (Å²) in [6.45, 7) is 1.28. The van der Waals surface area contributed by atoms with E-state index in [2.05, 4.69) is 16.0 Å². The van der Waals surface area contributed by atoms with Crippen LogP contribution < -0.4 is 14.8 Å². The molecule has 0 spiro atoms. The smallest absolute Gasteiger partial charge is 0.318 e. The van der Waals surface area contributed by atoms with Gasteiger partial charge in [-0.1, -0.05) is 6.07 Å². The van der Waals surface area contributed by atoms with Gasteiger partial charge in [0.1, 0.15) is 18.1 Å². The Balaban J connectivity index is 1.42. The van der Waals surface area contributed by atoms with E-state index in [-0.39, 0.29) is 18.1 Å². The van der Waals surface area contributed by atoms with Gasteiger partial charge in [0.15, 0.2) is 0 Å². The van der Waals surface area contributed by atoms with Crippen LogP contribution in [0.25, 0.3) is 0 Å². The molecule has 0 aliphatic carbocycles. The molecular weight excluding hydrogens is 330 g/mol. The van der Waals surface area contributed by atoms with Crippen LogP contribution in [0.3, 0.4) is 0 Å². The van der Waals surface area contributed by atoms with Gasteiger partial charge in [0.25, 0.3) is 0 Å². The summed E-state index contributed by atoms with van der Waals surface area (Å²) in [5.74, 6) is 1.63. The van der Waals surface area contributed by atoms with E-state index in [4.69, 9.17) is 9.47 Å². The summed E-state index contributed by atoms with van der Waals surface area (Å²) >= 11 is 0. The standard InChI is InChI=1S/C20H25N3O3/c1-22-9-3-5-17(22)18-6-4-10-23(18)20(24)21-15-11-14-7-8-16(25-2)12-19(14)26-13-15/h3,5,7-9,12,15,18H,4,6,10-11,13H2,1-2H3,(H,21,24). The molecule has 2 aromatic rings. The highest BCUT2D eigenvalue weighted by molar-refractivity contribution is 5.75. The zero-order valence-electron chi connectivity index (χ0n) is 15.3. The van der Waals surface area contributed by atoms with E-state index in [1.807, 2.05) is 42.4 Å². The maximum Gasteiger partial charge on any atom is 0.318 e. The number of likely N-dealkylation sites (tertiary alicyclic amines) is 1. The summed E-state index contributed by atoms with van der Waals surface area (Å²) in [6.07, 6.45) is 4.85. The number of nitrogens with zero attached hydrogens (tertiary/aromatic N) is 2. The number of carbonyl (C=O) groups is 1. The second-order valence-electron chi connectivity index (χ2n) is 7.03. The minimum absolute atomic E-state index is 0.000684. The predicted molar refractivity (Wildman–Crippen MR) is 98.6 cm³/mol.